The van der Waals surface area contributed by atoms with Crippen LogP contribution in [0.2, 0.25) is 36.3 Å². The van der Waals surface area contributed by atoms with Crippen molar-refractivity contribution >= 4 is 22.6 Å². The summed E-state index contributed by atoms with van der Waals surface area (Å²) in [6.45, 7) is 29.3. The van der Waals surface area contributed by atoms with Crippen LogP contribution in [-0.4, -0.2) is 41.9 Å². The summed E-state index contributed by atoms with van der Waals surface area (Å²) < 4.78 is 19.1. The van der Waals surface area contributed by atoms with E-state index in [0.29, 0.717) is 35.9 Å². The highest BCUT2D eigenvalue weighted by atomic mass is 28.4. The van der Waals surface area contributed by atoms with Crippen LogP contribution in [0.5, 0.6) is 0 Å². The van der Waals surface area contributed by atoms with Crippen molar-refractivity contribution in [1.29, 1.82) is 0 Å². The molecule has 220 valence electrons. The topological polar surface area (TPSA) is 44.8 Å². The highest BCUT2D eigenvalue weighted by Gasteiger charge is 2.66. The van der Waals surface area contributed by atoms with Gasteiger partial charge in [-0.25, -0.2) is 4.79 Å². The lowest BCUT2D eigenvalue weighted by molar-refractivity contribution is -0.137. The SMILES string of the molecule is CCOC(=O)C=CC1CC1(CCO[Si](C)(C)C(C)(C)C)[C@H]1CCC2[C@@H](O[Si](C)(C)C(C)(C)C)CCC[C@@]21C. The molecule has 0 aliphatic heterocycles. The summed E-state index contributed by atoms with van der Waals surface area (Å²) in [6.07, 6.45) is 12.9. The first-order valence-corrected chi connectivity index (χ1v) is 21.3. The van der Waals surface area contributed by atoms with Gasteiger partial charge in [-0.1, -0.05) is 61.0 Å². The summed E-state index contributed by atoms with van der Waals surface area (Å²) in [6, 6.07) is 0. The van der Waals surface area contributed by atoms with E-state index in [1.165, 1.54) is 38.5 Å². The molecule has 38 heavy (non-hydrogen) atoms. The van der Waals surface area contributed by atoms with Crippen molar-refractivity contribution in [2.24, 2.45) is 28.6 Å². The summed E-state index contributed by atoms with van der Waals surface area (Å²) in [5.41, 5.74) is 0.530. The number of hydrogen-bond donors (Lipinski definition) is 0. The van der Waals surface area contributed by atoms with Crippen LogP contribution in [-0.2, 0) is 18.4 Å². The molecule has 0 bridgehead atoms. The maximum atomic E-state index is 12.2. The smallest absolute Gasteiger partial charge is 0.330 e. The number of carbonyl (C=O) groups is 1. The standard InChI is InChI=1S/C32H60O4Si2/c1-13-34-28(33)19-16-24-23-32(24,21-22-35-37(9,10)29(2,3)4)27-18-17-25-26(15-14-20-31(25,27)8)36-38(11,12)30(5,6)7/h16,19,24-27H,13-15,17-18,20-23H2,1-12H3/t24?,25?,26-,27-,31-,32?/m0/s1. The van der Waals surface area contributed by atoms with Gasteiger partial charge in [0.2, 0.25) is 0 Å². The Kier molecular flexibility index (Phi) is 9.37. The van der Waals surface area contributed by atoms with Crippen LogP contribution < -0.4 is 0 Å². The summed E-state index contributed by atoms with van der Waals surface area (Å²) >= 11 is 0. The average molecular weight is 565 g/mol. The lowest BCUT2D eigenvalue weighted by Gasteiger charge is -2.50. The number of allylic oxidation sites excluding steroid dienone is 1. The first-order valence-electron chi connectivity index (χ1n) is 15.5. The molecule has 6 atom stereocenters. The normalized spacial score (nSPS) is 34.4. The van der Waals surface area contributed by atoms with Crippen molar-refractivity contribution in [3.63, 3.8) is 0 Å². The highest BCUT2D eigenvalue weighted by Crippen LogP contribution is 2.72. The van der Waals surface area contributed by atoms with Gasteiger partial charge in [0.05, 0.1) is 6.61 Å². The molecule has 6 heteroatoms. The van der Waals surface area contributed by atoms with Crippen LogP contribution in [0, 0.1) is 28.6 Å². The minimum absolute atomic E-state index is 0.207. The third-order valence-electron chi connectivity index (χ3n) is 11.8. The number of esters is 1. The van der Waals surface area contributed by atoms with Gasteiger partial charge in [0.1, 0.15) is 0 Å². The third-order valence-corrected chi connectivity index (χ3v) is 20.8. The second kappa shape index (κ2) is 11.1. The maximum Gasteiger partial charge on any atom is 0.330 e. The van der Waals surface area contributed by atoms with E-state index in [0.717, 1.165) is 13.0 Å². The molecule has 0 spiro atoms. The quantitative estimate of drug-likeness (QED) is 0.151. The molecule has 0 saturated heterocycles. The first-order chi connectivity index (χ1) is 17.3. The third kappa shape index (κ3) is 6.39. The van der Waals surface area contributed by atoms with Gasteiger partial charge in [-0.2, -0.15) is 0 Å². The minimum Gasteiger partial charge on any atom is -0.463 e. The van der Waals surface area contributed by atoms with E-state index in [9.17, 15) is 4.79 Å². The number of fused-ring (bicyclic) bond motifs is 1. The van der Waals surface area contributed by atoms with Crippen molar-refractivity contribution in [2.75, 3.05) is 13.2 Å². The Labute approximate surface area is 237 Å². The molecule has 3 rings (SSSR count). The molecule has 3 unspecified atom stereocenters. The van der Waals surface area contributed by atoms with Gasteiger partial charge in [0.15, 0.2) is 16.6 Å². The average Bonchev–Trinajstić information content (AvgIpc) is 3.33. The van der Waals surface area contributed by atoms with E-state index in [1.807, 2.05) is 6.92 Å². The van der Waals surface area contributed by atoms with E-state index in [2.05, 4.69) is 80.7 Å². The molecule has 3 saturated carbocycles. The molecular weight excluding hydrogens is 505 g/mol. The Balaban J connectivity index is 1.83. The molecule has 3 fully saturated rings. The number of ether oxygens (including phenoxy) is 1. The molecule has 4 nitrogen and oxygen atoms in total. The Bertz CT molecular complexity index is 868. The Morgan fingerprint density at radius 2 is 1.61 bits per heavy atom. The highest BCUT2D eigenvalue weighted by molar-refractivity contribution is 6.74. The van der Waals surface area contributed by atoms with Crippen LogP contribution in [0.3, 0.4) is 0 Å². The Morgan fingerprint density at radius 3 is 2.18 bits per heavy atom. The fourth-order valence-corrected chi connectivity index (χ4v) is 9.77. The molecular formula is C32H60O4Si2. The van der Waals surface area contributed by atoms with E-state index < -0.39 is 16.6 Å². The van der Waals surface area contributed by atoms with Crippen LogP contribution in [0.25, 0.3) is 0 Å². The number of carbonyl (C=O) groups excluding carboxylic acids is 1. The molecule has 0 aromatic rings. The zero-order chi connectivity index (χ0) is 28.8. The maximum absolute atomic E-state index is 12.2. The van der Waals surface area contributed by atoms with Gasteiger partial charge in [-0.3, -0.25) is 0 Å². The number of hydrogen-bond acceptors (Lipinski definition) is 4. The Hall–Kier alpha value is -0.436. The van der Waals surface area contributed by atoms with E-state index in [4.69, 9.17) is 13.6 Å². The molecule has 0 amide bonds. The van der Waals surface area contributed by atoms with Gasteiger partial charge in [-0.05, 0) is 110 Å². The van der Waals surface area contributed by atoms with Crippen LogP contribution in [0.4, 0.5) is 0 Å². The fourth-order valence-electron chi connectivity index (χ4n) is 7.33. The second-order valence-corrected chi connectivity index (χ2v) is 25.6. The lowest BCUT2D eigenvalue weighted by atomic mass is 9.60. The summed E-state index contributed by atoms with van der Waals surface area (Å²) in [5.74, 6) is 1.54. The molecule has 0 aromatic carbocycles. The summed E-state index contributed by atoms with van der Waals surface area (Å²) in [4.78, 5) is 12.2. The molecule has 3 aliphatic rings. The monoisotopic (exact) mass is 564 g/mol. The summed E-state index contributed by atoms with van der Waals surface area (Å²) in [5, 5.41) is 0.454. The van der Waals surface area contributed by atoms with Crippen molar-refractivity contribution in [3.05, 3.63) is 12.2 Å². The lowest BCUT2D eigenvalue weighted by Crippen LogP contribution is -2.50. The zero-order valence-electron chi connectivity index (χ0n) is 27.0. The van der Waals surface area contributed by atoms with Crippen LogP contribution in [0.15, 0.2) is 12.2 Å². The molecule has 3 aliphatic carbocycles. The van der Waals surface area contributed by atoms with Crippen molar-refractivity contribution in [2.45, 2.75) is 143 Å². The van der Waals surface area contributed by atoms with E-state index >= 15 is 0 Å². The predicted octanol–water partition coefficient (Wildman–Crippen LogP) is 9.13. The molecule has 0 aromatic heterocycles. The minimum atomic E-state index is -1.82. The van der Waals surface area contributed by atoms with E-state index in [-0.39, 0.29) is 21.5 Å². The van der Waals surface area contributed by atoms with Gasteiger partial charge >= 0.3 is 5.97 Å². The fraction of sp³-hybridized carbons (Fsp3) is 0.906. The van der Waals surface area contributed by atoms with E-state index in [1.54, 1.807) is 6.08 Å². The first kappa shape index (κ1) is 32.1. The van der Waals surface area contributed by atoms with Crippen molar-refractivity contribution in [1.82, 2.24) is 0 Å². The van der Waals surface area contributed by atoms with Crippen molar-refractivity contribution < 1.29 is 18.4 Å². The largest absolute Gasteiger partial charge is 0.463 e. The van der Waals surface area contributed by atoms with Gasteiger partial charge in [0, 0.05) is 18.8 Å². The molecule has 0 N–H and O–H groups in total. The second-order valence-electron chi connectivity index (χ2n) is 16.1. The van der Waals surface area contributed by atoms with Crippen LogP contribution in [0.1, 0.15) is 100 Å². The summed E-state index contributed by atoms with van der Waals surface area (Å²) in [7, 11) is -3.62. The van der Waals surface area contributed by atoms with Crippen LogP contribution >= 0.6 is 0 Å². The van der Waals surface area contributed by atoms with Gasteiger partial charge in [0.25, 0.3) is 0 Å². The van der Waals surface area contributed by atoms with Gasteiger partial charge < -0.3 is 13.6 Å². The molecule has 0 radical (unpaired) electrons. The predicted molar refractivity (Wildman–Crippen MR) is 164 cm³/mol. The molecule has 0 heterocycles. The zero-order valence-corrected chi connectivity index (χ0v) is 29.0. The Morgan fingerprint density at radius 1 is 0.974 bits per heavy atom. The van der Waals surface area contributed by atoms with Crippen molar-refractivity contribution in [3.8, 4) is 0 Å². The van der Waals surface area contributed by atoms with Gasteiger partial charge in [-0.15, -0.1) is 0 Å². The number of rotatable bonds is 10.